The van der Waals surface area contributed by atoms with Gasteiger partial charge in [-0.2, -0.15) is 0 Å². The predicted octanol–water partition coefficient (Wildman–Crippen LogP) is 2.11. The van der Waals surface area contributed by atoms with Gasteiger partial charge in [0.1, 0.15) is 0 Å². The van der Waals surface area contributed by atoms with Gasteiger partial charge in [0.2, 0.25) is 0 Å². The largest absolute Gasteiger partial charge is 0.271 e. The molecular formula is C11H16N2S. The van der Waals surface area contributed by atoms with Crippen molar-refractivity contribution in [2.45, 2.75) is 17.9 Å². The molecule has 3 heteroatoms. The minimum absolute atomic E-state index is 0.167. The normalized spacial score (nSPS) is 12.4. The molecule has 1 aromatic rings. The summed E-state index contributed by atoms with van der Waals surface area (Å²) in [7, 11) is 0. The Morgan fingerprint density at radius 3 is 3.00 bits per heavy atom. The molecule has 0 spiro atoms. The standard InChI is InChI=1S/C11H16N2S/c1-3-10(13-12)8-14-11-6-4-5-9(2)7-11/h3-7,10,13H,1,8,12H2,2H3. The average Bonchev–Trinajstić information content (AvgIpc) is 2.19. The maximum atomic E-state index is 5.34. The lowest BCUT2D eigenvalue weighted by Crippen LogP contribution is -2.35. The third-order valence-corrected chi connectivity index (χ3v) is 3.03. The van der Waals surface area contributed by atoms with Gasteiger partial charge in [-0.3, -0.25) is 11.3 Å². The van der Waals surface area contributed by atoms with Gasteiger partial charge in [0.05, 0.1) is 0 Å². The van der Waals surface area contributed by atoms with Crippen LogP contribution in [-0.4, -0.2) is 11.8 Å². The molecule has 0 saturated carbocycles. The van der Waals surface area contributed by atoms with E-state index in [9.17, 15) is 0 Å². The number of rotatable bonds is 5. The minimum Gasteiger partial charge on any atom is -0.271 e. The maximum Gasteiger partial charge on any atom is 0.0481 e. The van der Waals surface area contributed by atoms with Gasteiger partial charge in [-0.05, 0) is 19.1 Å². The van der Waals surface area contributed by atoms with Gasteiger partial charge in [-0.25, -0.2) is 0 Å². The number of nitrogens with two attached hydrogens (primary N) is 1. The summed E-state index contributed by atoms with van der Waals surface area (Å²) in [4.78, 5) is 1.27. The molecule has 0 aliphatic rings. The van der Waals surface area contributed by atoms with Crippen LogP contribution >= 0.6 is 11.8 Å². The van der Waals surface area contributed by atoms with E-state index in [1.165, 1.54) is 10.5 Å². The van der Waals surface area contributed by atoms with Gasteiger partial charge < -0.3 is 0 Å². The van der Waals surface area contributed by atoms with E-state index in [2.05, 4.69) is 43.2 Å². The Kier molecular flexibility index (Phi) is 4.73. The molecule has 0 radical (unpaired) electrons. The summed E-state index contributed by atoms with van der Waals surface area (Å²) in [5.74, 6) is 6.25. The Morgan fingerprint density at radius 1 is 1.64 bits per heavy atom. The van der Waals surface area contributed by atoms with Crippen molar-refractivity contribution < 1.29 is 0 Å². The van der Waals surface area contributed by atoms with Crippen molar-refractivity contribution >= 4 is 11.8 Å². The zero-order valence-electron chi connectivity index (χ0n) is 8.36. The van der Waals surface area contributed by atoms with E-state index in [-0.39, 0.29) is 6.04 Å². The van der Waals surface area contributed by atoms with Crippen molar-refractivity contribution in [3.05, 3.63) is 42.5 Å². The van der Waals surface area contributed by atoms with Crippen LogP contribution in [0.5, 0.6) is 0 Å². The number of thioether (sulfide) groups is 1. The molecule has 1 aromatic carbocycles. The summed E-state index contributed by atoms with van der Waals surface area (Å²) in [6.07, 6.45) is 1.82. The maximum absolute atomic E-state index is 5.34. The van der Waals surface area contributed by atoms with Crippen molar-refractivity contribution in [3.63, 3.8) is 0 Å². The highest BCUT2D eigenvalue weighted by Crippen LogP contribution is 2.19. The summed E-state index contributed by atoms with van der Waals surface area (Å²) in [5.41, 5.74) is 3.98. The van der Waals surface area contributed by atoms with E-state index in [1.54, 1.807) is 11.8 Å². The van der Waals surface area contributed by atoms with Crippen LogP contribution in [0.15, 0.2) is 41.8 Å². The highest BCUT2D eigenvalue weighted by atomic mass is 32.2. The van der Waals surface area contributed by atoms with E-state index in [1.807, 2.05) is 6.08 Å². The third-order valence-electron chi connectivity index (χ3n) is 1.92. The molecule has 0 saturated heterocycles. The Balaban J connectivity index is 2.48. The van der Waals surface area contributed by atoms with Crippen LogP contribution in [0.3, 0.4) is 0 Å². The number of hydrogen-bond acceptors (Lipinski definition) is 3. The van der Waals surface area contributed by atoms with Crippen LogP contribution in [0.2, 0.25) is 0 Å². The molecule has 1 rings (SSSR count). The molecule has 76 valence electrons. The van der Waals surface area contributed by atoms with Crippen LogP contribution in [0.25, 0.3) is 0 Å². The van der Waals surface area contributed by atoms with Crippen molar-refractivity contribution in [2.75, 3.05) is 5.75 Å². The summed E-state index contributed by atoms with van der Waals surface area (Å²) in [5, 5.41) is 0. The second-order valence-electron chi connectivity index (χ2n) is 3.14. The lowest BCUT2D eigenvalue weighted by Gasteiger charge is -2.10. The highest BCUT2D eigenvalue weighted by Gasteiger charge is 2.01. The number of hydrazine groups is 1. The van der Waals surface area contributed by atoms with E-state index in [0.717, 1.165) is 5.75 Å². The Morgan fingerprint density at radius 2 is 2.43 bits per heavy atom. The van der Waals surface area contributed by atoms with E-state index >= 15 is 0 Å². The molecule has 0 amide bonds. The molecule has 0 aliphatic heterocycles. The summed E-state index contributed by atoms with van der Waals surface area (Å²) < 4.78 is 0. The fraction of sp³-hybridized carbons (Fsp3) is 0.273. The SMILES string of the molecule is C=CC(CSc1cccc(C)c1)NN. The van der Waals surface area contributed by atoms with Gasteiger partial charge in [-0.1, -0.05) is 23.8 Å². The predicted molar refractivity (Wildman–Crippen MR) is 63.2 cm³/mol. The second-order valence-corrected chi connectivity index (χ2v) is 4.23. The molecule has 0 aromatic heterocycles. The van der Waals surface area contributed by atoms with E-state index in [4.69, 9.17) is 5.84 Å². The lowest BCUT2D eigenvalue weighted by molar-refractivity contribution is 0.678. The van der Waals surface area contributed by atoms with Gasteiger partial charge in [0, 0.05) is 16.7 Å². The van der Waals surface area contributed by atoms with Crippen molar-refractivity contribution in [1.82, 2.24) is 5.43 Å². The lowest BCUT2D eigenvalue weighted by atomic mass is 10.2. The minimum atomic E-state index is 0.167. The average molecular weight is 208 g/mol. The first-order chi connectivity index (χ1) is 6.76. The first-order valence-corrected chi connectivity index (χ1v) is 5.53. The highest BCUT2D eigenvalue weighted by molar-refractivity contribution is 7.99. The number of hydrogen-bond donors (Lipinski definition) is 2. The molecule has 1 unspecified atom stereocenters. The van der Waals surface area contributed by atoms with Crippen LogP contribution in [0.1, 0.15) is 5.56 Å². The van der Waals surface area contributed by atoms with Gasteiger partial charge in [-0.15, -0.1) is 18.3 Å². The van der Waals surface area contributed by atoms with Crippen LogP contribution in [-0.2, 0) is 0 Å². The topological polar surface area (TPSA) is 38.0 Å². The fourth-order valence-corrected chi connectivity index (χ4v) is 2.12. The summed E-state index contributed by atoms with van der Waals surface area (Å²) in [6, 6.07) is 8.60. The molecule has 0 bridgehead atoms. The van der Waals surface area contributed by atoms with E-state index in [0.29, 0.717) is 0 Å². The second kappa shape index (κ2) is 5.86. The molecule has 3 N–H and O–H groups in total. The quantitative estimate of drug-likeness (QED) is 0.337. The van der Waals surface area contributed by atoms with Gasteiger partial charge in [0.25, 0.3) is 0 Å². The number of aryl methyl sites for hydroxylation is 1. The zero-order chi connectivity index (χ0) is 10.4. The molecule has 1 atom stereocenters. The molecule has 2 nitrogen and oxygen atoms in total. The summed E-state index contributed by atoms with van der Waals surface area (Å²) >= 11 is 1.78. The van der Waals surface area contributed by atoms with Gasteiger partial charge in [0.15, 0.2) is 0 Å². The van der Waals surface area contributed by atoms with Crippen molar-refractivity contribution in [3.8, 4) is 0 Å². The smallest absolute Gasteiger partial charge is 0.0481 e. The Bertz CT molecular complexity index is 299. The molecular weight excluding hydrogens is 192 g/mol. The van der Waals surface area contributed by atoms with Crippen molar-refractivity contribution in [2.24, 2.45) is 5.84 Å². The zero-order valence-corrected chi connectivity index (χ0v) is 9.18. The van der Waals surface area contributed by atoms with Crippen LogP contribution in [0, 0.1) is 6.92 Å². The first kappa shape index (κ1) is 11.3. The summed E-state index contributed by atoms with van der Waals surface area (Å²) in [6.45, 7) is 5.80. The van der Waals surface area contributed by atoms with Gasteiger partial charge >= 0.3 is 0 Å². The monoisotopic (exact) mass is 208 g/mol. The van der Waals surface area contributed by atoms with Crippen LogP contribution in [0.4, 0.5) is 0 Å². The number of benzene rings is 1. The number of nitrogens with one attached hydrogen (secondary N) is 1. The third kappa shape index (κ3) is 3.54. The molecule has 0 fully saturated rings. The molecule has 0 aliphatic carbocycles. The van der Waals surface area contributed by atoms with Crippen molar-refractivity contribution in [1.29, 1.82) is 0 Å². The Labute approximate surface area is 89.5 Å². The molecule has 0 heterocycles. The fourth-order valence-electron chi connectivity index (χ4n) is 1.08. The van der Waals surface area contributed by atoms with E-state index < -0.39 is 0 Å². The Hall–Kier alpha value is -0.770. The first-order valence-electron chi connectivity index (χ1n) is 4.54. The van der Waals surface area contributed by atoms with Crippen LogP contribution < -0.4 is 11.3 Å². The molecule has 14 heavy (non-hydrogen) atoms.